The third-order valence-corrected chi connectivity index (χ3v) is 3.32. The summed E-state index contributed by atoms with van der Waals surface area (Å²) in [6.45, 7) is 1.51. The average molecular weight is 217 g/mol. The van der Waals surface area contributed by atoms with Crippen LogP contribution < -0.4 is 0 Å². The van der Waals surface area contributed by atoms with Gasteiger partial charge in [-0.2, -0.15) is 0 Å². The second-order valence-corrected chi connectivity index (χ2v) is 4.38. The van der Waals surface area contributed by atoms with Gasteiger partial charge < -0.3 is 0 Å². The molecule has 1 aromatic rings. The lowest BCUT2D eigenvalue weighted by atomic mass is 9.76. The van der Waals surface area contributed by atoms with Crippen molar-refractivity contribution in [3.05, 3.63) is 30.1 Å². The van der Waals surface area contributed by atoms with Gasteiger partial charge in [-0.3, -0.25) is 14.6 Å². The van der Waals surface area contributed by atoms with Crippen LogP contribution >= 0.6 is 0 Å². The molecule has 0 radical (unpaired) electrons. The molecule has 2 rings (SSSR count). The number of hydrogen-bond acceptors (Lipinski definition) is 3. The summed E-state index contributed by atoms with van der Waals surface area (Å²) >= 11 is 0. The number of carbonyl (C=O) groups is 2. The predicted molar refractivity (Wildman–Crippen MR) is 60.0 cm³/mol. The summed E-state index contributed by atoms with van der Waals surface area (Å²) < 4.78 is 0. The first-order valence-corrected chi connectivity index (χ1v) is 5.61. The zero-order chi connectivity index (χ0) is 11.5. The van der Waals surface area contributed by atoms with E-state index in [1.807, 2.05) is 12.1 Å². The molecular formula is C13H15NO2. The van der Waals surface area contributed by atoms with Gasteiger partial charge in [0, 0.05) is 18.8 Å². The Labute approximate surface area is 94.9 Å². The van der Waals surface area contributed by atoms with Gasteiger partial charge in [0.25, 0.3) is 0 Å². The van der Waals surface area contributed by atoms with Gasteiger partial charge in [0.1, 0.15) is 11.6 Å². The molecular weight excluding hydrogens is 202 g/mol. The Hall–Kier alpha value is -1.51. The van der Waals surface area contributed by atoms with Crippen molar-refractivity contribution in [1.29, 1.82) is 0 Å². The van der Waals surface area contributed by atoms with Gasteiger partial charge in [-0.05, 0) is 43.4 Å². The van der Waals surface area contributed by atoms with Crippen LogP contribution in [0.2, 0.25) is 0 Å². The molecule has 0 N–H and O–H groups in total. The Morgan fingerprint density at radius 1 is 1.38 bits per heavy atom. The van der Waals surface area contributed by atoms with Crippen LogP contribution in [0.5, 0.6) is 0 Å². The lowest BCUT2D eigenvalue weighted by Gasteiger charge is -2.26. The minimum Gasteiger partial charge on any atom is -0.299 e. The van der Waals surface area contributed by atoms with Crippen LogP contribution in [0, 0.1) is 5.92 Å². The minimum absolute atomic E-state index is 0.00348. The van der Waals surface area contributed by atoms with Crippen molar-refractivity contribution in [2.24, 2.45) is 5.92 Å². The van der Waals surface area contributed by atoms with E-state index in [2.05, 4.69) is 4.98 Å². The molecule has 0 bridgehead atoms. The van der Waals surface area contributed by atoms with Gasteiger partial charge in [0.15, 0.2) is 0 Å². The summed E-state index contributed by atoms with van der Waals surface area (Å²) in [6, 6.07) is 3.94. The second-order valence-electron chi connectivity index (χ2n) is 4.38. The zero-order valence-electron chi connectivity index (χ0n) is 9.35. The fraction of sp³-hybridized carbons (Fsp3) is 0.462. The standard InChI is InChI=1S/C13H15NO2/c1-9(15)12-8-11(2-3-13(12)16)10-4-6-14-7-5-10/h4-7,11-12H,2-3,8H2,1H3. The molecule has 3 heteroatoms. The van der Waals surface area contributed by atoms with Crippen molar-refractivity contribution in [3.8, 4) is 0 Å². The highest BCUT2D eigenvalue weighted by Crippen LogP contribution is 2.34. The van der Waals surface area contributed by atoms with E-state index in [0.717, 1.165) is 6.42 Å². The third-order valence-electron chi connectivity index (χ3n) is 3.32. The van der Waals surface area contributed by atoms with Crippen molar-refractivity contribution in [1.82, 2.24) is 4.98 Å². The van der Waals surface area contributed by atoms with Gasteiger partial charge in [-0.15, -0.1) is 0 Å². The van der Waals surface area contributed by atoms with Crippen molar-refractivity contribution >= 4 is 11.6 Å². The molecule has 2 atom stereocenters. The normalized spacial score (nSPS) is 25.4. The number of pyridine rings is 1. The van der Waals surface area contributed by atoms with Crippen LogP contribution in [0.3, 0.4) is 0 Å². The van der Waals surface area contributed by atoms with E-state index >= 15 is 0 Å². The Morgan fingerprint density at radius 2 is 2.06 bits per heavy atom. The van der Waals surface area contributed by atoms with Gasteiger partial charge in [-0.25, -0.2) is 0 Å². The summed E-state index contributed by atoms with van der Waals surface area (Å²) in [5.41, 5.74) is 1.19. The predicted octanol–water partition coefficient (Wildman–Crippen LogP) is 2.12. The smallest absolute Gasteiger partial charge is 0.143 e. The monoisotopic (exact) mass is 217 g/mol. The Bertz CT molecular complexity index is 400. The Kier molecular flexibility index (Phi) is 3.13. The van der Waals surface area contributed by atoms with Crippen molar-refractivity contribution in [3.63, 3.8) is 0 Å². The Balaban J connectivity index is 2.15. The van der Waals surface area contributed by atoms with Crippen molar-refractivity contribution < 1.29 is 9.59 Å². The fourth-order valence-corrected chi connectivity index (χ4v) is 2.36. The molecule has 1 heterocycles. The Morgan fingerprint density at radius 3 is 2.69 bits per heavy atom. The van der Waals surface area contributed by atoms with Crippen LogP contribution in [0.4, 0.5) is 0 Å². The van der Waals surface area contributed by atoms with Crippen LogP contribution in [0.1, 0.15) is 37.7 Å². The van der Waals surface area contributed by atoms with E-state index in [9.17, 15) is 9.59 Å². The maximum absolute atomic E-state index is 11.6. The largest absolute Gasteiger partial charge is 0.299 e. The molecule has 0 aliphatic heterocycles. The molecule has 1 saturated carbocycles. The lowest BCUT2D eigenvalue weighted by molar-refractivity contribution is -0.133. The first-order valence-electron chi connectivity index (χ1n) is 5.61. The summed E-state index contributed by atoms with van der Waals surface area (Å²) in [4.78, 5) is 26.9. The maximum Gasteiger partial charge on any atom is 0.143 e. The number of ketones is 2. The number of rotatable bonds is 2. The van der Waals surface area contributed by atoms with E-state index < -0.39 is 0 Å². The topological polar surface area (TPSA) is 47.0 Å². The summed E-state index contributed by atoms with van der Waals surface area (Å²) in [7, 11) is 0. The minimum atomic E-state index is -0.382. The van der Waals surface area contributed by atoms with Crippen LogP contribution in [0.15, 0.2) is 24.5 Å². The number of carbonyl (C=O) groups excluding carboxylic acids is 2. The first kappa shape index (κ1) is 11.0. The summed E-state index contributed by atoms with van der Waals surface area (Å²) in [6.07, 6.45) is 5.56. The van der Waals surface area contributed by atoms with Crippen molar-refractivity contribution in [2.75, 3.05) is 0 Å². The van der Waals surface area contributed by atoms with E-state index in [1.54, 1.807) is 12.4 Å². The number of nitrogens with zero attached hydrogens (tertiary/aromatic N) is 1. The molecule has 3 nitrogen and oxygen atoms in total. The molecule has 0 spiro atoms. The van der Waals surface area contributed by atoms with Crippen LogP contribution in [-0.4, -0.2) is 16.6 Å². The molecule has 1 aromatic heterocycles. The van der Waals surface area contributed by atoms with Crippen molar-refractivity contribution in [2.45, 2.75) is 32.1 Å². The molecule has 0 amide bonds. The highest BCUT2D eigenvalue weighted by molar-refractivity contribution is 6.01. The molecule has 0 aromatic carbocycles. The summed E-state index contributed by atoms with van der Waals surface area (Å²) in [5.74, 6) is 0.0584. The second kappa shape index (κ2) is 4.56. The fourth-order valence-electron chi connectivity index (χ4n) is 2.36. The zero-order valence-corrected chi connectivity index (χ0v) is 9.35. The molecule has 0 saturated heterocycles. The van der Waals surface area contributed by atoms with Crippen LogP contribution in [-0.2, 0) is 9.59 Å². The lowest BCUT2D eigenvalue weighted by Crippen LogP contribution is -2.29. The molecule has 1 aliphatic carbocycles. The number of hydrogen-bond donors (Lipinski definition) is 0. The van der Waals surface area contributed by atoms with Crippen LogP contribution in [0.25, 0.3) is 0 Å². The molecule has 2 unspecified atom stereocenters. The number of Topliss-reactive ketones (excluding diaryl/α,β-unsaturated/α-hetero) is 2. The number of aromatic nitrogens is 1. The van der Waals surface area contributed by atoms with Gasteiger partial charge >= 0.3 is 0 Å². The first-order chi connectivity index (χ1) is 7.68. The highest BCUT2D eigenvalue weighted by Gasteiger charge is 2.32. The highest BCUT2D eigenvalue weighted by atomic mass is 16.1. The van der Waals surface area contributed by atoms with E-state index in [1.165, 1.54) is 12.5 Å². The molecule has 84 valence electrons. The average Bonchev–Trinajstić information content (AvgIpc) is 2.30. The molecule has 16 heavy (non-hydrogen) atoms. The van der Waals surface area contributed by atoms with Gasteiger partial charge in [-0.1, -0.05) is 0 Å². The van der Waals surface area contributed by atoms with E-state index in [4.69, 9.17) is 0 Å². The summed E-state index contributed by atoms with van der Waals surface area (Å²) in [5, 5.41) is 0. The quantitative estimate of drug-likeness (QED) is 0.713. The van der Waals surface area contributed by atoms with Gasteiger partial charge in [0.2, 0.25) is 0 Å². The maximum atomic E-state index is 11.6. The SMILES string of the molecule is CC(=O)C1CC(c2ccncc2)CCC1=O. The van der Waals surface area contributed by atoms with E-state index in [0.29, 0.717) is 18.8 Å². The van der Waals surface area contributed by atoms with Gasteiger partial charge in [0.05, 0.1) is 5.92 Å². The van der Waals surface area contributed by atoms with E-state index in [-0.39, 0.29) is 17.5 Å². The third kappa shape index (κ3) is 2.18. The molecule has 1 aliphatic rings. The molecule has 1 fully saturated rings.